The molecule has 2 heterocycles. The quantitative estimate of drug-likeness (QED) is 0.765. The van der Waals surface area contributed by atoms with Crippen molar-refractivity contribution in [3.8, 4) is 11.5 Å². The number of benzene rings is 2. The second-order valence-electron chi connectivity index (χ2n) is 5.56. The van der Waals surface area contributed by atoms with Gasteiger partial charge >= 0.3 is 12.3 Å². The lowest BCUT2D eigenvalue weighted by atomic mass is 10.1. The molecule has 0 aromatic heterocycles. The first-order valence-corrected chi connectivity index (χ1v) is 7.38. The summed E-state index contributed by atoms with van der Waals surface area (Å²) in [7, 11) is 0. The smallest absolute Gasteiger partial charge is 0.395 e. The summed E-state index contributed by atoms with van der Waals surface area (Å²) in [4.78, 5) is 41.7. The maximum absolute atomic E-state index is 13.2. The van der Waals surface area contributed by atoms with Crippen LogP contribution in [-0.2, 0) is 4.84 Å². The summed E-state index contributed by atoms with van der Waals surface area (Å²) in [6.45, 7) is 1.35. The van der Waals surface area contributed by atoms with Crippen molar-refractivity contribution in [1.29, 1.82) is 0 Å². The number of imide groups is 1. The van der Waals surface area contributed by atoms with E-state index in [0.717, 1.165) is 6.07 Å². The molecule has 26 heavy (non-hydrogen) atoms. The van der Waals surface area contributed by atoms with Gasteiger partial charge in [0, 0.05) is 5.56 Å². The maximum atomic E-state index is 13.2. The highest BCUT2D eigenvalue weighted by atomic mass is 19.3. The van der Waals surface area contributed by atoms with Gasteiger partial charge in [-0.2, -0.15) is 0 Å². The van der Waals surface area contributed by atoms with Crippen LogP contribution in [0.3, 0.4) is 0 Å². The molecule has 2 aromatic carbocycles. The molecule has 2 aliphatic rings. The SMILES string of the molecule is Cc1c(C(=O)ON2C(=O)c3ccccc3C2=O)ccc2c1OC(F)(F)O2. The highest BCUT2D eigenvalue weighted by Gasteiger charge is 2.45. The number of nitrogens with zero attached hydrogens (tertiary/aromatic N) is 1. The van der Waals surface area contributed by atoms with Gasteiger partial charge in [0.25, 0.3) is 11.8 Å². The zero-order chi connectivity index (χ0) is 18.6. The Morgan fingerprint density at radius 1 is 1.04 bits per heavy atom. The maximum Gasteiger partial charge on any atom is 0.586 e. The van der Waals surface area contributed by atoms with Crippen LogP contribution in [0, 0.1) is 6.92 Å². The summed E-state index contributed by atoms with van der Waals surface area (Å²) >= 11 is 0. The van der Waals surface area contributed by atoms with Crippen molar-refractivity contribution in [1.82, 2.24) is 5.06 Å². The Kier molecular flexibility index (Phi) is 3.23. The molecule has 0 unspecified atom stereocenters. The number of rotatable bonds is 2. The number of amides is 2. The van der Waals surface area contributed by atoms with E-state index in [1.165, 1.54) is 25.1 Å². The fraction of sp³-hybridized carbons (Fsp3) is 0.118. The van der Waals surface area contributed by atoms with Crippen molar-refractivity contribution in [2.75, 3.05) is 0 Å². The first-order chi connectivity index (χ1) is 12.3. The molecule has 4 rings (SSSR count). The number of carbonyl (C=O) groups is 3. The lowest BCUT2D eigenvalue weighted by molar-refractivity contribution is -0.286. The average Bonchev–Trinajstić information content (AvgIpc) is 3.04. The van der Waals surface area contributed by atoms with Crippen LogP contribution in [-0.4, -0.2) is 29.1 Å². The van der Waals surface area contributed by atoms with E-state index in [-0.39, 0.29) is 33.8 Å². The number of halogens is 2. The molecule has 2 aliphatic heterocycles. The predicted molar refractivity (Wildman–Crippen MR) is 79.7 cm³/mol. The summed E-state index contributed by atoms with van der Waals surface area (Å²) in [5, 5.41) is 0.339. The zero-order valence-corrected chi connectivity index (χ0v) is 13.1. The third kappa shape index (κ3) is 2.28. The Balaban J connectivity index is 1.61. The molecule has 2 aromatic rings. The van der Waals surface area contributed by atoms with Crippen LogP contribution in [0.25, 0.3) is 0 Å². The van der Waals surface area contributed by atoms with Gasteiger partial charge in [-0.3, -0.25) is 9.59 Å². The lowest BCUT2D eigenvalue weighted by Crippen LogP contribution is -2.32. The molecule has 132 valence electrons. The number of alkyl halides is 2. The predicted octanol–water partition coefficient (Wildman–Crippen LogP) is 2.68. The van der Waals surface area contributed by atoms with E-state index in [9.17, 15) is 23.2 Å². The normalized spacial score (nSPS) is 16.7. The van der Waals surface area contributed by atoms with Crippen molar-refractivity contribution in [2.45, 2.75) is 13.2 Å². The molecule has 0 saturated carbocycles. The van der Waals surface area contributed by atoms with Crippen molar-refractivity contribution in [3.05, 3.63) is 58.7 Å². The van der Waals surface area contributed by atoms with Gasteiger partial charge in [-0.05, 0) is 31.2 Å². The van der Waals surface area contributed by atoms with Gasteiger partial charge in [0.05, 0.1) is 16.7 Å². The van der Waals surface area contributed by atoms with Gasteiger partial charge < -0.3 is 14.3 Å². The fourth-order valence-corrected chi connectivity index (χ4v) is 2.74. The Hall–Kier alpha value is -3.49. The van der Waals surface area contributed by atoms with Crippen molar-refractivity contribution in [3.63, 3.8) is 0 Å². The highest BCUT2D eigenvalue weighted by molar-refractivity contribution is 6.21. The van der Waals surface area contributed by atoms with Crippen LogP contribution in [0.4, 0.5) is 8.78 Å². The van der Waals surface area contributed by atoms with E-state index < -0.39 is 24.1 Å². The molecule has 0 fully saturated rings. The molecule has 0 atom stereocenters. The van der Waals surface area contributed by atoms with Gasteiger partial charge in [-0.25, -0.2) is 4.79 Å². The zero-order valence-electron chi connectivity index (χ0n) is 13.1. The Labute approximate surface area is 144 Å². The van der Waals surface area contributed by atoms with E-state index in [0.29, 0.717) is 5.06 Å². The standard InChI is InChI=1S/C17H9F2NO6/c1-8-9(6-7-12-13(8)25-17(18,19)24-12)16(23)26-20-14(21)10-4-2-3-5-11(10)15(20)22/h2-7H,1H3. The van der Waals surface area contributed by atoms with Crippen LogP contribution in [0.2, 0.25) is 0 Å². The highest BCUT2D eigenvalue weighted by Crippen LogP contribution is 2.44. The van der Waals surface area contributed by atoms with Crippen LogP contribution in [0.15, 0.2) is 36.4 Å². The number of hydrogen-bond acceptors (Lipinski definition) is 6. The fourth-order valence-electron chi connectivity index (χ4n) is 2.74. The second kappa shape index (κ2) is 5.25. The van der Waals surface area contributed by atoms with Gasteiger partial charge in [-0.15, -0.1) is 8.78 Å². The third-order valence-electron chi connectivity index (χ3n) is 3.97. The minimum atomic E-state index is -3.84. The van der Waals surface area contributed by atoms with Crippen molar-refractivity contribution < 1.29 is 37.5 Å². The topological polar surface area (TPSA) is 82.1 Å². The minimum Gasteiger partial charge on any atom is -0.395 e. The summed E-state index contributed by atoms with van der Waals surface area (Å²) in [6.07, 6.45) is -3.84. The third-order valence-corrected chi connectivity index (χ3v) is 3.97. The Morgan fingerprint density at radius 2 is 1.65 bits per heavy atom. The number of carbonyl (C=O) groups excluding carboxylic acids is 3. The molecule has 2 amide bonds. The van der Waals surface area contributed by atoms with E-state index in [2.05, 4.69) is 9.47 Å². The van der Waals surface area contributed by atoms with E-state index in [1.807, 2.05) is 0 Å². The van der Waals surface area contributed by atoms with Gasteiger partial charge in [0.15, 0.2) is 11.5 Å². The molecular formula is C17H9F2NO6. The van der Waals surface area contributed by atoms with Gasteiger partial charge in [0.2, 0.25) is 0 Å². The van der Waals surface area contributed by atoms with Crippen LogP contribution < -0.4 is 9.47 Å². The number of hydrogen-bond donors (Lipinski definition) is 0. The van der Waals surface area contributed by atoms with Crippen LogP contribution >= 0.6 is 0 Å². The van der Waals surface area contributed by atoms with E-state index >= 15 is 0 Å². The van der Waals surface area contributed by atoms with Crippen LogP contribution in [0.5, 0.6) is 11.5 Å². The monoisotopic (exact) mass is 361 g/mol. The number of hydroxylamine groups is 2. The molecule has 0 bridgehead atoms. The Morgan fingerprint density at radius 3 is 2.27 bits per heavy atom. The van der Waals surface area contributed by atoms with Crippen molar-refractivity contribution >= 4 is 17.8 Å². The molecular weight excluding hydrogens is 352 g/mol. The minimum absolute atomic E-state index is 0.0290. The average molecular weight is 361 g/mol. The molecule has 0 N–H and O–H groups in total. The van der Waals surface area contributed by atoms with E-state index in [1.54, 1.807) is 12.1 Å². The van der Waals surface area contributed by atoms with Gasteiger partial charge in [-0.1, -0.05) is 17.2 Å². The molecule has 0 radical (unpaired) electrons. The van der Waals surface area contributed by atoms with Crippen molar-refractivity contribution in [2.24, 2.45) is 0 Å². The molecule has 7 nitrogen and oxygen atoms in total. The van der Waals surface area contributed by atoms with E-state index in [4.69, 9.17) is 4.84 Å². The summed E-state index contributed by atoms with van der Waals surface area (Å²) < 4.78 is 35.0. The summed E-state index contributed by atoms with van der Waals surface area (Å²) in [6, 6.07) is 8.28. The summed E-state index contributed by atoms with van der Waals surface area (Å²) in [5.41, 5.74) is 0.0857. The number of fused-ring (bicyclic) bond motifs is 2. The molecule has 0 saturated heterocycles. The second-order valence-corrected chi connectivity index (χ2v) is 5.56. The Bertz CT molecular complexity index is 952. The largest absolute Gasteiger partial charge is 0.586 e. The molecule has 9 heteroatoms. The first-order valence-electron chi connectivity index (χ1n) is 7.38. The summed E-state index contributed by atoms with van der Waals surface area (Å²) in [5.74, 6) is -3.19. The molecule has 0 spiro atoms. The van der Waals surface area contributed by atoms with Gasteiger partial charge in [0.1, 0.15) is 0 Å². The van der Waals surface area contributed by atoms with Crippen LogP contribution in [0.1, 0.15) is 36.6 Å². The first kappa shape index (κ1) is 16.0. The number of ether oxygens (including phenoxy) is 2. The lowest BCUT2D eigenvalue weighted by Gasteiger charge is -2.14. The molecule has 0 aliphatic carbocycles.